The van der Waals surface area contributed by atoms with Crippen molar-refractivity contribution in [2.75, 3.05) is 34.2 Å². The predicted molar refractivity (Wildman–Crippen MR) is 120 cm³/mol. The molecule has 0 saturated carbocycles. The number of hydrogen-bond acceptors (Lipinski definition) is 8. The number of benzene rings is 2. The highest BCUT2D eigenvalue weighted by Crippen LogP contribution is 2.49. The molecule has 31 heavy (non-hydrogen) atoms. The molecule has 0 unspecified atom stereocenters. The lowest BCUT2D eigenvalue weighted by Gasteiger charge is -2.14. The number of hydrogen-bond donors (Lipinski definition) is 1. The van der Waals surface area contributed by atoms with E-state index in [2.05, 4.69) is 5.10 Å². The normalized spacial score (nSPS) is 11.0. The monoisotopic (exact) mass is 441 g/mol. The number of fused-ring (bicyclic) bond motifs is 1. The van der Waals surface area contributed by atoms with E-state index in [1.807, 2.05) is 37.5 Å². The van der Waals surface area contributed by atoms with Gasteiger partial charge in [-0.25, -0.2) is 0 Å². The Balaban J connectivity index is 1.91. The van der Waals surface area contributed by atoms with Crippen molar-refractivity contribution >= 4 is 28.4 Å². The van der Waals surface area contributed by atoms with Crippen LogP contribution in [0.3, 0.4) is 0 Å². The van der Waals surface area contributed by atoms with Gasteiger partial charge in [-0.15, -0.1) is 0 Å². The molecule has 0 aliphatic carbocycles. The molecule has 4 rings (SSSR count). The molecule has 0 aliphatic rings. The van der Waals surface area contributed by atoms with E-state index in [1.165, 1.54) is 11.8 Å². The Morgan fingerprint density at radius 2 is 1.65 bits per heavy atom. The van der Waals surface area contributed by atoms with Crippen molar-refractivity contribution in [3.63, 3.8) is 0 Å². The van der Waals surface area contributed by atoms with E-state index in [0.29, 0.717) is 40.0 Å². The second-order valence-corrected chi connectivity index (χ2v) is 7.77. The maximum absolute atomic E-state index is 6.31. The highest BCUT2D eigenvalue weighted by molar-refractivity contribution is 7.99. The molecule has 9 heteroatoms. The fourth-order valence-corrected chi connectivity index (χ4v) is 4.47. The van der Waals surface area contributed by atoms with E-state index in [9.17, 15) is 0 Å². The number of rotatable bonds is 7. The zero-order chi connectivity index (χ0) is 22.1. The van der Waals surface area contributed by atoms with Gasteiger partial charge < -0.3 is 29.1 Å². The minimum absolute atomic E-state index is 0.446. The van der Waals surface area contributed by atoms with Gasteiger partial charge in [0.15, 0.2) is 22.8 Å². The summed E-state index contributed by atoms with van der Waals surface area (Å²) in [5.74, 6) is 2.90. The van der Waals surface area contributed by atoms with Crippen molar-refractivity contribution in [1.29, 1.82) is 0 Å². The highest BCUT2D eigenvalue weighted by Gasteiger charge is 2.23. The van der Waals surface area contributed by atoms with Crippen LogP contribution in [0.15, 0.2) is 50.9 Å². The number of nitrogens with zero attached hydrogens (tertiary/aromatic N) is 2. The summed E-state index contributed by atoms with van der Waals surface area (Å²) in [6, 6.07) is 7.56. The fraction of sp³-hybridized carbons (Fsp3) is 0.227. The Labute approximate surface area is 183 Å². The molecular weight excluding hydrogens is 418 g/mol. The summed E-state index contributed by atoms with van der Waals surface area (Å²) < 4.78 is 29.8. The molecule has 0 atom stereocenters. The van der Waals surface area contributed by atoms with E-state index in [0.717, 1.165) is 20.7 Å². The first kappa shape index (κ1) is 20.8. The third-order valence-electron chi connectivity index (χ3n) is 4.86. The fourth-order valence-electron chi connectivity index (χ4n) is 3.38. The summed E-state index contributed by atoms with van der Waals surface area (Å²) in [5, 5.41) is 5.15. The first-order valence-electron chi connectivity index (χ1n) is 9.36. The lowest BCUT2D eigenvalue weighted by molar-refractivity contribution is 0.323. The molecule has 162 valence electrons. The van der Waals surface area contributed by atoms with Gasteiger partial charge in [-0.2, -0.15) is 5.10 Å². The van der Waals surface area contributed by atoms with Gasteiger partial charge in [0.25, 0.3) is 0 Å². The Morgan fingerprint density at radius 1 is 0.968 bits per heavy atom. The smallest absolute Gasteiger partial charge is 0.203 e. The average Bonchev–Trinajstić information content (AvgIpc) is 3.37. The van der Waals surface area contributed by atoms with Crippen molar-refractivity contribution in [3.05, 3.63) is 36.7 Å². The van der Waals surface area contributed by atoms with Gasteiger partial charge in [0.05, 0.1) is 45.1 Å². The summed E-state index contributed by atoms with van der Waals surface area (Å²) in [6.45, 7) is 0. The van der Waals surface area contributed by atoms with Crippen LogP contribution >= 0.6 is 11.8 Å². The topological polar surface area (TPSA) is 93.9 Å². The molecule has 0 fully saturated rings. The van der Waals surface area contributed by atoms with Crippen LogP contribution in [0.25, 0.3) is 22.3 Å². The molecule has 2 aromatic heterocycles. The molecule has 0 bridgehead atoms. The van der Waals surface area contributed by atoms with Crippen LogP contribution in [0, 0.1) is 0 Å². The number of aryl methyl sites for hydroxylation is 1. The summed E-state index contributed by atoms with van der Waals surface area (Å²) in [5.41, 5.74) is 8.16. The van der Waals surface area contributed by atoms with E-state index >= 15 is 0 Å². The third-order valence-corrected chi connectivity index (χ3v) is 5.94. The number of aromatic nitrogens is 2. The molecule has 2 N–H and O–H groups in total. The average molecular weight is 442 g/mol. The SMILES string of the molecule is COc1cc(Sc2c(-c3cnn(C)c3)oc3c(N)c(OC)ccc23)cc(OC)c1OC. The van der Waals surface area contributed by atoms with Gasteiger partial charge in [-0.1, -0.05) is 11.8 Å². The quantitative estimate of drug-likeness (QED) is 0.416. The first-order chi connectivity index (χ1) is 15.0. The van der Waals surface area contributed by atoms with E-state index in [-0.39, 0.29) is 0 Å². The number of ether oxygens (including phenoxy) is 4. The van der Waals surface area contributed by atoms with Gasteiger partial charge in [-0.05, 0) is 24.3 Å². The van der Waals surface area contributed by atoms with Gasteiger partial charge >= 0.3 is 0 Å². The van der Waals surface area contributed by atoms with Crippen LogP contribution in [0.4, 0.5) is 5.69 Å². The molecule has 0 spiro atoms. The molecule has 4 aromatic rings. The van der Waals surface area contributed by atoms with Crippen LogP contribution < -0.4 is 24.7 Å². The van der Waals surface area contributed by atoms with E-state index < -0.39 is 0 Å². The van der Waals surface area contributed by atoms with Crippen molar-refractivity contribution < 1.29 is 23.4 Å². The molecule has 0 saturated heterocycles. The number of nitrogens with two attached hydrogens (primary N) is 1. The molecule has 0 amide bonds. The molecule has 0 aliphatic heterocycles. The largest absolute Gasteiger partial charge is 0.494 e. The summed E-state index contributed by atoms with van der Waals surface area (Å²) in [4.78, 5) is 1.78. The van der Waals surface area contributed by atoms with Gasteiger partial charge in [-0.3, -0.25) is 4.68 Å². The minimum atomic E-state index is 0.446. The van der Waals surface area contributed by atoms with E-state index in [1.54, 1.807) is 39.3 Å². The second-order valence-electron chi connectivity index (χ2n) is 6.68. The first-order valence-corrected chi connectivity index (χ1v) is 10.2. The molecule has 0 radical (unpaired) electrons. The highest BCUT2D eigenvalue weighted by atomic mass is 32.2. The van der Waals surface area contributed by atoms with Gasteiger partial charge in [0, 0.05) is 23.5 Å². The maximum Gasteiger partial charge on any atom is 0.203 e. The predicted octanol–water partition coefficient (Wildman–Crippen LogP) is 4.60. The number of nitrogen functional groups attached to an aromatic ring is 1. The maximum atomic E-state index is 6.31. The Hall–Kier alpha value is -3.46. The second kappa shape index (κ2) is 8.35. The summed E-state index contributed by atoms with van der Waals surface area (Å²) in [6.07, 6.45) is 3.65. The summed E-state index contributed by atoms with van der Waals surface area (Å²) in [7, 11) is 8.19. The minimum Gasteiger partial charge on any atom is -0.494 e. The molecule has 2 heterocycles. The lowest BCUT2D eigenvalue weighted by Crippen LogP contribution is -1.95. The van der Waals surface area contributed by atoms with Crippen molar-refractivity contribution in [1.82, 2.24) is 9.78 Å². The molecular formula is C22H23N3O5S. The molecule has 2 aromatic carbocycles. The Kier molecular flexibility index (Phi) is 5.60. The van der Waals surface area contributed by atoms with Crippen LogP contribution in [0.1, 0.15) is 0 Å². The Bertz CT molecular complexity index is 1220. The molecule has 8 nitrogen and oxygen atoms in total. The number of furan rings is 1. The van der Waals surface area contributed by atoms with Gasteiger partial charge in [0.2, 0.25) is 5.75 Å². The Morgan fingerprint density at radius 3 is 2.19 bits per heavy atom. The van der Waals surface area contributed by atoms with Crippen molar-refractivity contribution in [2.24, 2.45) is 7.05 Å². The van der Waals surface area contributed by atoms with E-state index in [4.69, 9.17) is 29.1 Å². The van der Waals surface area contributed by atoms with Crippen LogP contribution in [0.2, 0.25) is 0 Å². The zero-order valence-electron chi connectivity index (χ0n) is 17.9. The van der Waals surface area contributed by atoms with Crippen LogP contribution in [-0.4, -0.2) is 38.2 Å². The number of methoxy groups -OCH3 is 4. The van der Waals surface area contributed by atoms with Crippen molar-refractivity contribution in [2.45, 2.75) is 9.79 Å². The summed E-state index contributed by atoms with van der Waals surface area (Å²) >= 11 is 1.51. The van der Waals surface area contributed by atoms with Crippen LogP contribution in [-0.2, 0) is 7.05 Å². The van der Waals surface area contributed by atoms with Crippen molar-refractivity contribution in [3.8, 4) is 34.3 Å². The third kappa shape index (κ3) is 3.61. The van der Waals surface area contributed by atoms with Gasteiger partial charge in [0.1, 0.15) is 11.4 Å². The lowest BCUT2D eigenvalue weighted by atomic mass is 10.2. The number of anilines is 1. The standard InChI is InChI=1S/C22H23N3O5S/c1-25-11-12(10-24-25)19-22(14-6-7-15(26-2)18(23)20(14)30-19)31-13-8-16(27-3)21(29-5)17(9-13)28-4/h6-11H,23H2,1-5H3. The van der Waals surface area contributed by atoms with Crippen LogP contribution in [0.5, 0.6) is 23.0 Å². The zero-order valence-corrected chi connectivity index (χ0v) is 18.7.